The van der Waals surface area contributed by atoms with Crippen molar-refractivity contribution in [3.63, 3.8) is 0 Å². The quantitative estimate of drug-likeness (QED) is 0.427. The lowest BCUT2D eigenvalue weighted by atomic mass is 10.2. The summed E-state index contributed by atoms with van der Waals surface area (Å²) in [5.41, 5.74) is -0.409. The molecule has 0 N–H and O–H groups in total. The van der Waals surface area contributed by atoms with E-state index in [1.54, 1.807) is 0 Å². The Morgan fingerprint density at radius 3 is 2.52 bits per heavy atom. The highest BCUT2D eigenvalue weighted by molar-refractivity contribution is 9.10. The monoisotopic (exact) mass is 416 g/mol. The van der Waals surface area contributed by atoms with Crippen LogP contribution in [0.1, 0.15) is 6.42 Å². The van der Waals surface area contributed by atoms with Gasteiger partial charge in [0.1, 0.15) is 10.9 Å². The van der Waals surface area contributed by atoms with Crippen molar-refractivity contribution < 1.29 is 18.1 Å². The van der Waals surface area contributed by atoms with E-state index in [4.69, 9.17) is 22.3 Å². The Hall–Kier alpha value is -0.900. The Morgan fingerprint density at radius 2 is 2.05 bits per heavy atom. The molecule has 1 aliphatic heterocycles. The number of hydrogen-bond acceptors (Lipinski definition) is 5. The van der Waals surface area contributed by atoms with Crippen LogP contribution >= 0.6 is 38.2 Å². The van der Waals surface area contributed by atoms with E-state index in [0.29, 0.717) is 4.47 Å². The van der Waals surface area contributed by atoms with E-state index in [2.05, 4.69) is 15.9 Å². The number of nitro benzene ring substituents is 1. The molecule has 1 saturated heterocycles. The van der Waals surface area contributed by atoms with Gasteiger partial charge in [-0.3, -0.25) is 14.9 Å². The summed E-state index contributed by atoms with van der Waals surface area (Å²) >= 11 is 8.95. The number of nitrogens with zero attached hydrogens (tertiary/aromatic N) is 2. The Labute approximate surface area is 137 Å². The first-order valence-electron chi connectivity index (χ1n) is 5.48. The van der Waals surface area contributed by atoms with Crippen LogP contribution in [0, 0.1) is 10.1 Å². The zero-order valence-electron chi connectivity index (χ0n) is 10.1. The second-order valence-electron chi connectivity index (χ2n) is 4.32. The molecule has 114 valence electrons. The van der Waals surface area contributed by atoms with Crippen molar-refractivity contribution in [1.82, 2.24) is 0 Å². The minimum atomic E-state index is -3.93. The molecule has 0 aliphatic carbocycles. The predicted octanol–water partition coefficient (Wildman–Crippen LogP) is 2.68. The predicted molar refractivity (Wildman–Crippen MR) is 81.3 cm³/mol. The van der Waals surface area contributed by atoms with Crippen LogP contribution < -0.4 is 4.90 Å². The van der Waals surface area contributed by atoms with Crippen LogP contribution in [0.15, 0.2) is 16.6 Å². The standard InChI is InChI=1S/C10H7BrCl2N2O5S/c11-6-2-9(15(17)18)8(3-7(6)12)14-4-5(1-10(14)16)21(13,19)20/h2-3,5H,1,4H2. The van der Waals surface area contributed by atoms with Crippen LogP contribution in [0.25, 0.3) is 0 Å². The SMILES string of the molecule is O=C1CC(S(=O)(=O)Cl)CN1c1cc(Cl)c(Br)cc1[N+](=O)[O-]. The molecule has 7 nitrogen and oxygen atoms in total. The highest BCUT2D eigenvalue weighted by atomic mass is 79.9. The molecule has 1 aromatic rings. The molecule has 0 saturated carbocycles. The Bertz CT molecular complexity index is 739. The van der Waals surface area contributed by atoms with Crippen molar-refractivity contribution in [3.05, 3.63) is 31.7 Å². The highest BCUT2D eigenvalue weighted by Crippen LogP contribution is 2.39. The minimum Gasteiger partial charge on any atom is -0.305 e. The summed E-state index contributed by atoms with van der Waals surface area (Å²) in [4.78, 5) is 23.4. The average Bonchev–Trinajstić information content (AvgIpc) is 2.74. The highest BCUT2D eigenvalue weighted by Gasteiger charge is 2.40. The van der Waals surface area contributed by atoms with Crippen molar-refractivity contribution >= 4 is 64.5 Å². The number of carbonyl (C=O) groups excluding carboxylic acids is 1. The second-order valence-corrected chi connectivity index (χ2v) is 8.49. The summed E-state index contributed by atoms with van der Waals surface area (Å²) in [5.74, 6) is -0.564. The van der Waals surface area contributed by atoms with E-state index in [1.165, 1.54) is 6.07 Å². The lowest BCUT2D eigenvalue weighted by Crippen LogP contribution is -2.27. The van der Waals surface area contributed by atoms with E-state index in [9.17, 15) is 23.3 Å². The first-order chi connectivity index (χ1) is 9.61. The van der Waals surface area contributed by atoms with Crippen LogP contribution in [-0.2, 0) is 13.8 Å². The number of halogens is 3. The zero-order valence-corrected chi connectivity index (χ0v) is 14.0. The van der Waals surface area contributed by atoms with Crippen molar-refractivity contribution in [3.8, 4) is 0 Å². The summed E-state index contributed by atoms with van der Waals surface area (Å²) in [6.45, 7) is -0.247. The van der Waals surface area contributed by atoms with Gasteiger partial charge in [0.25, 0.3) is 5.69 Å². The summed E-state index contributed by atoms with van der Waals surface area (Å²) in [6, 6.07) is 2.40. The van der Waals surface area contributed by atoms with Gasteiger partial charge in [0.2, 0.25) is 15.0 Å². The van der Waals surface area contributed by atoms with E-state index in [0.717, 1.165) is 11.0 Å². The molecule has 0 radical (unpaired) electrons. The van der Waals surface area contributed by atoms with E-state index >= 15 is 0 Å². The second kappa shape index (κ2) is 5.71. The number of hydrogen-bond donors (Lipinski definition) is 0. The van der Waals surface area contributed by atoms with Gasteiger partial charge in [-0.25, -0.2) is 8.42 Å². The summed E-state index contributed by atoms with van der Waals surface area (Å²) in [7, 11) is 1.31. The largest absolute Gasteiger partial charge is 0.305 e. The lowest BCUT2D eigenvalue weighted by molar-refractivity contribution is -0.384. The van der Waals surface area contributed by atoms with Crippen LogP contribution in [0.3, 0.4) is 0 Å². The van der Waals surface area contributed by atoms with Gasteiger partial charge in [-0.05, 0) is 22.0 Å². The third-order valence-electron chi connectivity index (χ3n) is 2.99. The minimum absolute atomic E-state index is 0.0546. The smallest absolute Gasteiger partial charge is 0.294 e. The number of benzene rings is 1. The summed E-state index contributed by atoms with van der Waals surface area (Å²) < 4.78 is 22.9. The number of carbonyl (C=O) groups is 1. The molecule has 0 spiro atoms. The van der Waals surface area contributed by atoms with Gasteiger partial charge in [0, 0.05) is 34.2 Å². The van der Waals surface area contributed by atoms with Crippen molar-refractivity contribution in [2.24, 2.45) is 0 Å². The Morgan fingerprint density at radius 1 is 1.43 bits per heavy atom. The molecular weight excluding hydrogens is 411 g/mol. The third-order valence-corrected chi connectivity index (χ3v) is 6.06. The maximum atomic E-state index is 11.9. The molecule has 1 amide bonds. The molecule has 1 atom stereocenters. The topological polar surface area (TPSA) is 97.6 Å². The number of amides is 1. The molecule has 1 unspecified atom stereocenters. The fourth-order valence-corrected chi connectivity index (χ4v) is 3.50. The van der Waals surface area contributed by atoms with Gasteiger partial charge in [0.15, 0.2) is 0 Å². The van der Waals surface area contributed by atoms with E-state index < -0.39 is 25.1 Å². The van der Waals surface area contributed by atoms with Crippen LogP contribution in [0.5, 0.6) is 0 Å². The van der Waals surface area contributed by atoms with E-state index in [1.807, 2.05) is 0 Å². The summed E-state index contributed by atoms with van der Waals surface area (Å²) in [6.07, 6.45) is -0.323. The fourth-order valence-electron chi connectivity index (χ4n) is 1.98. The molecule has 11 heteroatoms. The van der Waals surface area contributed by atoms with Crippen LogP contribution in [0.2, 0.25) is 5.02 Å². The first kappa shape index (κ1) is 16.5. The van der Waals surface area contributed by atoms with Crippen LogP contribution in [0.4, 0.5) is 11.4 Å². The molecular formula is C10H7BrCl2N2O5S. The maximum Gasteiger partial charge on any atom is 0.294 e. The van der Waals surface area contributed by atoms with Gasteiger partial charge < -0.3 is 4.90 Å². The third kappa shape index (κ3) is 3.31. The van der Waals surface area contributed by atoms with Gasteiger partial charge in [0.05, 0.1) is 9.95 Å². The number of rotatable bonds is 3. The average molecular weight is 418 g/mol. The number of anilines is 1. The molecule has 21 heavy (non-hydrogen) atoms. The van der Waals surface area contributed by atoms with E-state index in [-0.39, 0.29) is 29.4 Å². The molecule has 1 aliphatic rings. The fraction of sp³-hybridized carbons (Fsp3) is 0.300. The molecule has 0 aromatic heterocycles. The van der Waals surface area contributed by atoms with Crippen molar-refractivity contribution in [2.45, 2.75) is 11.7 Å². The van der Waals surface area contributed by atoms with Gasteiger partial charge in [-0.1, -0.05) is 11.6 Å². The van der Waals surface area contributed by atoms with Gasteiger partial charge in [-0.15, -0.1) is 0 Å². The van der Waals surface area contributed by atoms with Crippen molar-refractivity contribution in [2.75, 3.05) is 11.4 Å². The molecule has 1 heterocycles. The first-order valence-corrected chi connectivity index (χ1v) is 9.03. The normalized spacial score (nSPS) is 19.1. The van der Waals surface area contributed by atoms with Gasteiger partial charge >= 0.3 is 0 Å². The molecule has 0 bridgehead atoms. The Balaban J connectivity index is 2.50. The molecule has 1 fully saturated rings. The zero-order chi connectivity index (χ0) is 15.9. The van der Waals surface area contributed by atoms with Crippen molar-refractivity contribution in [1.29, 1.82) is 0 Å². The van der Waals surface area contributed by atoms with Crippen LogP contribution in [-0.4, -0.2) is 31.0 Å². The number of nitro groups is 1. The Kier molecular flexibility index (Phi) is 4.48. The maximum absolute atomic E-state index is 11.9. The molecule has 2 rings (SSSR count). The molecule has 1 aromatic carbocycles. The summed E-state index contributed by atoms with van der Waals surface area (Å²) in [5, 5.41) is 10.2. The lowest BCUT2D eigenvalue weighted by Gasteiger charge is -2.17. The van der Waals surface area contributed by atoms with Gasteiger partial charge in [-0.2, -0.15) is 0 Å².